The molecule has 0 N–H and O–H groups in total. The monoisotopic (exact) mass is 143 g/mol. The molecule has 1 aromatic rings. The van der Waals surface area contributed by atoms with Gasteiger partial charge in [0, 0.05) is 5.56 Å². The molecule has 1 aliphatic heterocycles. The Morgan fingerprint density at radius 1 is 1.27 bits per heavy atom. The zero-order valence-corrected chi connectivity index (χ0v) is 5.95. The van der Waals surface area contributed by atoms with E-state index in [9.17, 15) is 0 Å². The molecule has 1 radical (unpaired) electrons. The van der Waals surface area contributed by atoms with Crippen molar-refractivity contribution in [2.24, 2.45) is 0 Å². The Morgan fingerprint density at radius 3 is 3.27 bits per heavy atom. The lowest BCUT2D eigenvalue weighted by Gasteiger charge is -2.00. The molecule has 0 amide bonds. The van der Waals surface area contributed by atoms with Crippen molar-refractivity contribution in [3.8, 4) is 5.75 Å². The summed E-state index contributed by atoms with van der Waals surface area (Å²) in [4.78, 5) is 0. The predicted molar refractivity (Wildman–Crippen MR) is 44.1 cm³/mol. The van der Waals surface area contributed by atoms with Crippen LogP contribution in [-0.2, 0) is 0 Å². The summed E-state index contributed by atoms with van der Waals surface area (Å²) in [6.07, 6.45) is 7.47. The second-order valence-electron chi connectivity index (χ2n) is 2.27. The van der Waals surface area contributed by atoms with Crippen molar-refractivity contribution in [3.05, 3.63) is 48.2 Å². The van der Waals surface area contributed by atoms with Gasteiger partial charge < -0.3 is 4.74 Å². The fraction of sp³-hybridized carbons (Fsp3) is 0. The van der Waals surface area contributed by atoms with Gasteiger partial charge in [0.15, 0.2) is 0 Å². The number of hydrogen-bond donors (Lipinski definition) is 0. The molecule has 1 aliphatic rings. The van der Waals surface area contributed by atoms with E-state index < -0.39 is 0 Å². The maximum absolute atomic E-state index is 5.29. The second kappa shape index (κ2) is 2.62. The van der Waals surface area contributed by atoms with Crippen molar-refractivity contribution in [2.45, 2.75) is 0 Å². The highest BCUT2D eigenvalue weighted by Gasteiger charge is 1.98. The Labute approximate surface area is 65.6 Å². The fourth-order valence-electron chi connectivity index (χ4n) is 0.984. The van der Waals surface area contributed by atoms with E-state index in [2.05, 4.69) is 6.07 Å². The van der Waals surface area contributed by atoms with Crippen molar-refractivity contribution in [1.82, 2.24) is 0 Å². The zero-order chi connectivity index (χ0) is 7.52. The number of fused-ring (bicyclic) bond motifs is 1. The summed E-state index contributed by atoms with van der Waals surface area (Å²) in [6.45, 7) is 0. The van der Waals surface area contributed by atoms with E-state index in [1.165, 1.54) is 0 Å². The van der Waals surface area contributed by atoms with Gasteiger partial charge in [0.2, 0.25) is 0 Å². The van der Waals surface area contributed by atoms with Crippen LogP contribution in [0, 0.1) is 6.07 Å². The molecule has 0 saturated heterocycles. The van der Waals surface area contributed by atoms with E-state index >= 15 is 0 Å². The van der Waals surface area contributed by atoms with Crippen LogP contribution < -0.4 is 4.74 Å². The zero-order valence-electron chi connectivity index (χ0n) is 5.95. The Balaban J connectivity index is 2.52. The van der Waals surface area contributed by atoms with Gasteiger partial charge in [-0.2, -0.15) is 0 Å². The van der Waals surface area contributed by atoms with Crippen LogP contribution in [-0.4, -0.2) is 0 Å². The van der Waals surface area contributed by atoms with Crippen LogP contribution in [0.5, 0.6) is 5.75 Å². The maximum atomic E-state index is 5.29. The molecule has 0 bridgehead atoms. The molecule has 2 rings (SSSR count). The highest BCUT2D eigenvalue weighted by Crippen LogP contribution is 2.20. The summed E-state index contributed by atoms with van der Waals surface area (Å²) in [5.74, 6) is 0.883. The largest absolute Gasteiger partial charge is 0.464 e. The molecule has 0 spiro atoms. The van der Waals surface area contributed by atoms with Crippen molar-refractivity contribution < 1.29 is 4.74 Å². The summed E-state index contributed by atoms with van der Waals surface area (Å²) in [5.41, 5.74) is 1.07. The van der Waals surface area contributed by atoms with E-state index in [1.807, 2.05) is 36.4 Å². The number of hydrogen-bond acceptors (Lipinski definition) is 1. The van der Waals surface area contributed by atoms with E-state index in [0.717, 1.165) is 11.3 Å². The van der Waals surface area contributed by atoms with Crippen molar-refractivity contribution in [3.63, 3.8) is 0 Å². The highest BCUT2D eigenvalue weighted by molar-refractivity contribution is 5.59. The molecule has 0 fully saturated rings. The lowest BCUT2D eigenvalue weighted by molar-refractivity contribution is 0.481. The van der Waals surface area contributed by atoms with Crippen LogP contribution in [0.3, 0.4) is 0 Å². The van der Waals surface area contributed by atoms with E-state index in [-0.39, 0.29) is 0 Å². The number of allylic oxidation sites excluding steroid dienone is 2. The summed E-state index contributed by atoms with van der Waals surface area (Å²) >= 11 is 0. The van der Waals surface area contributed by atoms with Gasteiger partial charge >= 0.3 is 0 Å². The van der Waals surface area contributed by atoms with Gasteiger partial charge in [0.05, 0.1) is 6.26 Å². The smallest absolute Gasteiger partial charge is 0.133 e. The number of benzene rings is 1. The van der Waals surface area contributed by atoms with Gasteiger partial charge in [0.25, 0.3) is 0 Å². The van der Waals surface area contributed by atoms with Crippen LogP contribution in [0.25, 0.3) is 6.08 Å². The minimum atomic E-state index is 0.883. The lowest BCUT2D eigenvalue weighted by Crippen LogP contribution is -1.82. The van der Waals surface area contributed by atoms with Gasteiger partial charge in [-0.25, -0.2) is 0 Å². The van der Waals surface area contributed by atoms with Crippen LogP contribution in [0.2, 0.25) is 0 Å². The Bertz CT molecular complexity index is 310. The fourth-order valence-corrected chi connectivity index (χ4v) is 0.984. The number of ether oxygens (including phenoxy) is 1. The topological polar surface area (TPSA) is 9.23 Å². The summed E-state index contributed by atoms with van der Waals surface area (Å²) in [6, 6.07) is 8.63. The Morgan fingerprint density at radius 2 is 2.27 bits per heavy atom. The highest BCUT2D eigenvalue weighted by atomic mass is 16.5. The predicted octanol–water partition coefficient (Wildman–Crippen LogP) is 2.41. The molecule has 0 unspecified atom stereocenters. The van der Waals surface area contributed by atoms with Gasteiger partial charge in [-0.3, -0.25) is 0 Å². The van der Waals surface area contributed by atoms with Gasteiger partial charge in [-0.15, -0.1) is 0 Å². The lowest BCUT2D eigenvalue weighted by atomic mass is 10.2. The Kier molecular flexibility index (Phi) is 1.48. The molecule has 0 saturated carbocycles. The minimum absolute atomic E-state index is 0.883. The summed E-state index contributed by atoms with van der Waals surface area (Å²) in [7, 11) is 0. The quantitative estimate of drug-likeness (QED) is 0.542. The third kappa shape index (κ3) is 1.17. The van der Waals surface area contributed by atoms with Crippen molar-refractivity contribution >= 4 is 6.08 Å². The molecule has 1 heteroatoms. The maximum Gasteiger partial charge on any atom is 0.133 e. The molecule has 0 aliphatic carbocycles. The average molecular weight is 143 g/mol. The molecule has 1 nitrogen and oxygen atoms in total. The first-order valence-electron chi connectivity index (χ1n) is 3.47. The third-order valence-electron chi connectivity index (χ3n) is 1.51. The molecular formula is C10H7O. The summed E-state index contributed by atoms with van der Waals surface area (Å²) in [5, 5.41) is 0. The van der Waals surface area contributed by atoms with Crippen molar-refractivity contribution in [2.75, 3.05) is 0 Å². The van der Waals surface area contributed by atoms with Gasteiger partial charge in [-0.1, -0.05) is 18.2 Å². The molecule has 53 valence electrons. The first-order chi connectivity index (χ1) is 5.47. The average Bonchev–Trinajstić information content (AvgIpc) is 2.28. The molecule has 0 aromatic heterocycles. The standard InChI is InChI=1S/C10H7O/c1-2-7-10-9(5-1)6-3-4-8-11-10/h2-8H. The van der Waals surface area contributed by atoms with Crippen LogP contribution in [0.15, 0.2) is 36.6 Å². The Hall–Kier alpha value is -1.50. The summed E-state index contributed by atoms with van der Waals surface area (Å²) < 4.78 is 5.29. The molecule has 1 aromatic carbocycles. The van der Waals surface area contributed by atoms with Crippen molar-refractivity contribution in [1.29, 1.82) is 0 Å². The molecule has 11 heavy (non-hydrogen) atoms. The molecular weight excluding hydrogens is 136 g/mol. The first kappa shape index (κ1) is 6.23. The van der Waals surface area contributed by atoms with E-state index in [1.54, 1.807) is 6.26 Å². The second-order valence-corrected chi connectivity index (χ2v) is 2.27. The van der Waals surface area contributed by atoms with Gasteiger partial charge in [0.1, 0.15) is 5.75 Å². The normalized spacial score (nSPS) is 13.5. The van der Waals surface area contributed by atoms with Crippen LogP contribution >= 0.6 is 0 Å². The molecule has 0 atom stereocenters. The van der Waals surface area contributed by atoms with Crippen LogP contribution in [0.1, 0.15) is 5.56 Å². The third-order valence-corrected chi connectivity index (χ3v) is 1.51. The van der Waals surface area contributed by atoms with Crippen LogP contribution in [0.4, 0.5) is 0 Å². The molecule has 1 heterocycles. The minimum Gasteiger partial charge on any atom is -0.464 e. The first-order valence-corrected chi connectivity index (χ1v) is 3.47. The number of rotatable bonds is 0. The SMILES string of the molecule is [c]1ccc2c(c1)C=CC=CO2. The van der Waals surface area contributed by atoms with Gasteiger partial charge in [-0.05, 0) is 24.3 Å². The van der Waals surface area contributed by atoms with E-state index in [4.69, 9.17) is 4.74 Å². The van der Waals surface area contributed by atoms with E-state index in [0.29, 0.717) is 0 Å².